The van der Waals surface area contributed by atoms with Crippen molar-refractivity contribution in [3.05, 3.63) is 94.3 Å². The van der Waals surface area contributed by atoms with Crippen molar-refractivity contribution in [1.82, 2.24) is 9.88 Å². The lowest BCUT2D eigenvalue weighted by atomic mass is 9.95. The maximum Gasteiger partial charge on any atom is 0.303 e. The molecule has 1 aromatic heterocycles. The zero-order valence-corrected chi connectivity index (χ0v) is 26.3. The molecule has 0 bridgehead atoms. The van der Waals surface area contributed by atoms with Crippen LogP contribution in [-0.2, 0) is 30.7 Å². The molecule has 0 radical (unpaired) electrons. The van der Waals surface area contributed by atoms with Gasteiger partial charge in [-0.25, -0.2) is 0 Å². The van der Waals surface area contributed by atoms with Crippen LogP contribution in [0.2, 0.25) is 0 Å². The van der Waals surface area contributed by atoms with E-state index in [1.807, 2.05) is 35.2 Å². The number of unbranched alkanes of at least 4 members (excludes halogenated alkanes) is 5. The minimum atomic E-state index is -0.794. The van der Waals surface area contributed by atoms with E-state index in [2.05, 4.69) is 63.3 Å². The summed E-state index contributed by atoms with van der Waals surface area (Å²) in [6.07, 6.45) is 14.5. The molecular weight excluding hydrogens is 520 g/mol. The molecule has 0 spiro atoms. The number of hydrogen-bond acceptors (Lipinski definition) is 3. The summed E-state index contributed by atoms with van der Waals surface area (Å²) in [4.78, 5) is 24.3. The second-order valence-electron chi connectivity index (χ2n) is 12.5. The number of hydrogen-bond donors (Lipinski definition) is 2. The van der Waals surface area contributed by atoms with Gasteiger partial charge in [0.2, 0.25) is 0 Å². The summed E-state index contributed by atoms with van der Waals surface area (Å²) < 4.78 is 1.96. The van der Waals surface area contributed by atoms with Crippen LogP contribution in [0.15, 0.2) is 60.9 Å². The highest BCUT2D eigenvalue weighted by Gasteiger charge is 2.19. The van der Waals surface area contributed by atoms with Crippen molar-refractivity contribution < 1.29 is 14.7 Å². The number of ketones is 1. The summed E-state index contributed by atoms with van der Waals surface area (Å²) in [6.45, 7) is 11.0. The van der Waals surface area contributed by atoms with Crippen molar-refractivity contribution in [3.8, 4) is 0 Å². The van der Waals surface area contributed by atoms with Crippen LogP contribution < -0.4 is 5.32 Å². The first-order chi connectivity index (χ1) is 20.2. The van der Waals surface area contributed by atoms with Gasteiger partial charge in [0.05, 0.1) is 0 Å². The Labute approximate surface area is 253 Å². The van der Waals surface area contributed by atoms with Gasteiger partial charge in [0, 0.05) is 43.0 Å². The van der Waals surface area contributed by atoms with Crippen molar-refractivity contribution in [2.24, 2.45) is 5.92 Å². The van der Waals surface area contributed by atoms with E-state index in [9.17, 15) is 9.59 Å². The average Bonchev–Trinajstić information content (AvgIpc) is 3.39. The summed E-state index contributed by atoms with van der Waals surface area (Å²) in [5.74, 6) is 0.154. The van der Waals surface area contributed by atoms with E-state index in [1.165, 1.54) is 56.1 Å². The highest BCUT2D eigenvalue weighted by atomic mass is 16.4. The first-order valence-electron chi connectivity index (χ1n) is 16.1. The number of rotatable bonds is 20. The Morgan fingerprint density at radius 2 is 1.50 bits per heavy atom. The number of carboxylic acid groups (broad SMARTS) is 1. The molecule has 228 valence electrons. The van der Waals surface area contributed by atoms with Crippen LogP contribution in [0.5, 0.6) is 0 Å². The number of benzene rings is 2. The number of carbonyl (C=O) groups is 2. The molecule has 0 aliphatic heterocycles. The summed E-state index contributed by atoms with van der Waals surface area (Å²) in [5.41, 5.74) is 6.45. The topological polar surface area (TPSA) is 71.3 Å². The zero-order valence-electron chi connectivity index (χ0n) is 26.3. The normalized spacial score (nSPS) is 11.5. The van der Waals surface area contributed by atoms with Crippen molar-refractivity contribution in [3.63, 3.8) is 0 Å². The van der Waals surface area contributed by atoms with Crippen LogP contribution in [-0.4, -0.2) is 28.0 Å². The third-order valence-electron chi connectivity index (χ3n) is 7.84. The second-order valence-corrected chi connectivity index (χ2v) is 12.5. The smallest absolute Gasteiger partial charge is 0.303 e. The Morgan fingerprint density at radius 3 is 2.19 bits per heavy atom. The van der Waals surface area contributed by atoms with Crippen LogP contribution in [0, 0.1) is 5.92 Å². The molecule has 3 rings (SSSR count). The van der Waals surface area contributed by atoms with Gasteiger partial charge in [-0.2, -0.15) is 0 Å². The fourth-order valence-corrected chi connectivity index (χ4v) is 5.53. The van der Waals surface area contributed by atoms with Crippen LogP contribution in [0.3, 0.4) is 0 Å². The minimum absolute atomic E-state index is 0.0284. The Morgan fingerprint density at radius 1 is 0.810 bits per heavy atom. The van der Waals surface area contributed by atoms with Crippen molar-refractivity contribution >= 4 is 11.8 Å². The molecule has 5 heteroatoms. The van der Waals surface area contributed by atoms with Crippen molar-refractivity contribution in [2.75, 3.05) is 6.54 Å². The molecule has 3 aromatic rings. The number of aromatic nitrogens is 1. The SMILES string of the molecule is CC(C)Cc1ccc(CCCCCCCCNCc2cccc(C(=O)c3cn(CCCC(=O)O)cc3C(C)C)c2)cc1. The Balaban J connectivity index is 1.34. The molecule has 0 aliphatic carbocycles. The van der Waals surface area contributed by atoms with Crippen LogP contribution in [0.25, 0.3) is 0 Å². The monoisotopic (exact) mass is 572 g/mol. The zero-order chi connectivity index (χ0) is 30.3. The van der Waals surface area contributed by atoms with Gasteiger partial charge in [-0.1, -0.05) is 95.8 Å². The summed E-state index contributed by atoms with van der Waals surface area (Å²) in [6, 6.07) is 17.1. The molecule has 0 aliphatic rings. The highest BCUT2D eigenvalue weighted by molar-refractivity contribution is 6.10. The van der Waals surface area contributed by atoms with E-state index in [-0.39, 0.29) is 18.1 Å². The van der Waals surface area contributed by atoms with Gasteiger partial charge in [0.15, 0.2) is 5.78 Å². The van der Waals surface area contributed by atoms with Crippen LogP contribution in [0.1, 0.15) is 123 Å². The molecule has 0 saturated heterocycles. The number of carbonyl (C=O) groups excluding carboxylic acids is 1. The summed E-state index contributed by atoms with van der Waals surface area (Å²) in [7, 11) is 0. The lowest BCUT2D eigenvalue weighted by molar-refractivity contribution is -0.137. The second kappa shape index (κ2) is 17.7. The van der Waals surface area contributed by atoms with Gasteiger partial charge in [0.1, 0.15) is 0 Å². The average molecular weight is 573 g/mol. The van der Waals surface area contributed by atoms with E-state index in [0.29, 0.717) is 30.0 Å². The van der Waals surface area contributed by atoms with Gasteiger partial charge >= 0.3 is 5.97 Å². The summed E-state index contributed by atoms with van der Waals surface area (Å²) >= 11 is 0. The maximum atomic E-state index is 13.4. The Bertz CT molecular complexity index is 1240. The molecule has 0 fully saturated rings. The number of nitrogens with zero attached hydrogens (tertiary/aromatic N) is 1. The fourth-order valence-electron chi connectivity index (χ4n) is 5.53. The van der Waals surface area contributed by atoms with Gasteiger partial charge < -0.3 is 15.0 Å². The molecule has 42 heavy (non-hydrogen) atoms. The predicted molar refractivity (Wildman–Crippen MR) is 173 cm³/mol. The number of aliphatic carboxylic acids is 1. The maximum absolute atomic E-state index is 13.4. The first-order valence-corrected chi connectivity index (χ1v) is 16.1. The quantitative estimate of drug-likeness (QED) is 0.105. The molecular formula is C37H52N2O3. The van der Waals surface area contributed by atoms with E-state index < -0.39 is 5.97 Å². The predicted octanol–water partition coefficient (Wildman–Crippen LogP) is 8.58. The molecule has 0 amide bonds. The van der Waals surface area contributed by atoms with Gasteiger partial charge in [-0.15, -0.1) is 0 Å². The number of carboxylic acids is 1. The molecule has 2 aromatic carbocycles. The summed E-state index contributed by atoms with van der Waals surface area (Å²) in [5, 5.41) is 12.5. The largest absolute Gasteiger partial charge is 0.481 e. The lowest BCUT2D eigenvalue weighted by Crippen LogP contribution is -2.15. The lowest BCUT2D eigenvalue weighted by Gasteiger charge is -2.09. The van der Waals surface area contributed by atoms with Crippen molar-refractivity contribution in [2.45, 2.75) is 111 Å². The fraction of sp³-hybridized carbons (Fsp3) is 0.514. The van der Waals surface area contributed by atoms with Crippen molar-refractivity contribution in [1.29, 1.82) is 0 Å². The number of nitrogens with one attached hydrogen (secondary N) is 1. The van der Waals surface area contributed by atoms with Crippen LogP contribution in [0.4, 0.5) is 0 Å². The van der Waals surface area contributed by atoms with Gasteiger partial charge in [0.25, 0.3) is 0 Å². The van der Waals surface area contributed by atoms with E-state index in [1.54, 1.807) is 0 Å². The van der Waals surface area contributed by atoms with Gasteiger partial charge in [-0.05, 0) is 78.8 Å². The third-order valence-corrected chi connectivity index (χ3v) is 7.84. The Kier molecular flexibility index (Phi) is 14.0. The molecule has 0 unspecified atom stereocenters. The first kappa shape index (κ1) is 33.3. The molecule has 5 nitrogen and oxygen atoms in total. The standard InChI is InChI=1S/C37H52N2O3/c1-28(2)23-31-19-17-30(18-20-31)13-9-7-5-6-8-10-21-38-25-32-14-11-15-33(24-32)37(42)35-27-39(22-12-16-36(40)41)26-34(35)29(3)4/h11,14-15,17-20,24,26-29,38H,5-10,12-13,16,21-23,25H2,1-4H3,(H,40,41). The third kappa shape index (κ3) is 11.6. The minimum Gasteiger partial charge on any atom is -0.481 e. The van der Waals surface area contributed by atoms with Gasteiger partial charge in [-0.3, -0.25) is 9.59 Å². The van der Waals surface area contributed by atoms with E-state index >= 15 is 0 Å². The molecule has 2 N–H and O–H groups in total. The molecule has 0 saturated carbocycles. The van der Waals surface area contributed by atoms with Crippen LogP contribution >= 0.6 is 0 Å². The Hall–Kier alpha value is -3.18. The molecule has 0 atom stereocenters. The number of aryl methyl sites for hydroxylation is 2. The molecule has 1 heterocycles. The highest BCUT2D eigenvalue weighted by Crippen LogP contribution is 2.24. The van der Waals surface area contributed by atoms with E-state index in [0.717, 1.165) is 30.6 Å². The van der Waals surface area contributed by atoms with E-state index in [4.69, 9.17) is 5.11 Å².